The van der Waals surface area contributed by atoms with Gasteiger partial charge in [0.2, 0.25) is 11.3 Å². The van der Waals surface area contributed by atoms with E-state index >= 15 is 0 Å². The fourth-order valence-electron chi connectivity index (χ4n) is 0.287. The number of hydrogen-bond acceptors (Lipinski definition) is 3. The van der Waals surface area contributed by atoms with E-state index in [9.17, 15) is 9.00 Å². The molecule has 0 aromatic carbocycles. The maximum atomic E-state index is 10.1. The van der Waals surface area contributed by atoms with Crippen LogP contribution in [0.4, 0.5) is 0 Å². The Balaban J connectivity index is 3.83. The zero-order valence-corrected chi connectivity index (χ0v) is 6.56. The molecule has 0 aromatic rings. The molecular weight excluding hydrogens is 178 g/mol. The summed E-state index contributed by atoms with van der Waals surface area (Å²) in [5.74, 6) is -1.22. The average Bonchev–Trinajstić information content (AvgIpc) is 1.81. The van der Waals surface area contributed by atoms with Crippen LogP contribution >= 0.6 is 12.6 Å². The molecule has 60 valence electrons. The molecule has 0 spiro atoms. The van der Waals surface area contributed by atoms with Crippen molar-refractivity contribution in [2.24, 2.45) is 0 Å². The fourth-order valence-corrected chi connectivity index (χ4v) is 1.09. The van der Waals surface area contributed by atoms with Crippen molar-refractivity contribution in [1.82, 2.24) is 4.72 Å². The van der Waals surface area contributed by atoms with Gasteiger partial charge in [0, 0.05) is 5.75 Å². The lowest BCUT2D eigenvalue weighted by molar-refractivity contribution is -0.138. The minimum atomic E-state index is -2.30. The molecule has 10 heavy (non-hydrogen) atoms. The number of nitrogens with one attached hydrogen (secondary N) is 1. The van der Waals surface area contributed by atoms with Gasteiger partial charge in [-0.2, -0.15) is 17.4 Å². The molecular formula is C3H7NO4S2. The standard InChI is InChI=1S/C3H7NO4S2/c5-3(6)2(1-9)4-10(7)8/h2,4,9H,1H2,(H,5,6)(H,7,8)/t2-/m0/s1. The molecule has 0 amide bonds. The van der Waals surface area contributed by atoms with Gasteiger partial charge in [-0.1, -0.05) is 0 Å². The monoisotopic (exact) mass is 185 g/mol. The SMILES string of the molecule is O=C(O)[C@H](CS)NS(=O)O. The second-order valence-corrected chi connectivity index (χ2v) is 2.54. The second-order valence-electron chi connectivity index (χ2n) is 1.44. The summed E-state index contributed by atoms with van der Waals surface area (Å²) in [6, 6.07) is -1.07. The third-order valence-electron chi connectivity index (χ3n) is 0.724. The first-order valence-corrected chi connectivity index (χ1v) is 4.02. The molecule has 0 saturated carbocycles. The number of carboxylic acid groups (broad SMARTS) is 1. The van der Waals surface area contributed by atoms with Crippen LogP contribution < -0.4 is 4.72 Å². The van der Waals surface area contributed by atoms with Gasteiger partial charge in [-0.15, -0.1) is 0 Å². The van der Waals surface area contributed by atoms with Gasteiger partial charge in [0.05, 0.1) is 0 Å². The van der Waals surface area contributed by atoms with Crippen molar-refractivity contribution in [2.75, 3.05) is 5.75 Å². The van der Waals surface area contributed by atoms with Crippen molar-refractivity contribution < 1.29 is 18.7 Å². The number of carbonyl (C=O) groups is 1. The predicted octanol–water partition coefficient (Wildman–Crippen LogP) is -0.904. The third kappa shape index (κ3) is 3.83. The first-order valence-electron chi connectivity index (χ1n) is 2.28. The van der Waals surface area contributed by atoms with Crippen molar-refractivity contribution in [1.29, 1.82) is 0 Å². The Labute approximate surface area is 65.6 Å². The first-order chi connectivity index (χ1) is 4.57. The molecule has 0 rings (SSSR count). The Bertz CT molecular complexity index is 149. The minimum Gasteiger partial charge on any atom is -0.480 e. The summed E-state index contributed by atoms with van der Waals surface area (Å²) in [4.78, 5) is 10.1. The Morgan fingerprint density at radius 1 is 1.80 bits per heavy atom. The lowest BCUT2D eigenvalue weighted by atomic mass is 10.4. The molecule has 1 unspecified atom stereocenters. The molecule has 0 aliphatic carbocycles. The molecule has 0 aliphatic rings. The smallest absolute Gasteiger partial charge is 0.322 e. The van der Waals surface area contributed by atoms with Gasteiger partial charge in [-0.05, 0) is 0 Å². The van der Waals surface area contributed by atoms with Crippen molar-refractivity contribution in [3.63, 3.8) is 0 Å². The summed E-state index contributed by atoms with van der Waals surface area (Å²) >= 11 is 1.34. The van der Waals surface area contributed by atoms with E-state index in [1.54, 1.807) is 0 Å². The molecule has 3 N–H and O–H groups in total. The summed E-state index contributed by atoms with van der Waals surface area (Å²) in [5.41, 5.74) is 0. The molecule has 0 aromatic heterocycles. The Hall–Kier alpha value is -0.110. The zero-order valence-electron chi connectivity index (χ0n) is 4.85. The average molecular weight is 185 g/mol. The van der Waals surface area contributed by atoms with E-state index in [0.29, 0.717) is 0 Å². The highest BCUT2D eigenvalue weighted by atomic mass is 32.2. The van der Waals surface area contributed by atoms with E-state index in [0.717, 1.165) is 0 Å². The number of hydrogen-bond donors (Lipinski definition) is 4. The predicted molar refractivity (Wildman–Crippen MR) is 39.2 cm³/mol. The highest BCUT2D eigenvalue weighted by Crippen LogP contribution is 1.87. The van der Waals surface area contributed by atoms with Gasteiger partial charge in [-0.25, -0.2) is 4.21 Å². The van der Waals surface area contributed by atoms with E-state index < -0.39 is 23.3 Å². The van der Waals surface area contributed by atoms with Crippen LogP contribution in [0.3, 0.4) is 0 Å². The Morgan fingerprint density at radius 3 is 2.40 bits per heavy atom. The van der Waals surface area contributed by atoms with Crippen LogP contribution in [0.25, 0.3) is 0 Å². The molecule has 5 nitrogen and oxygen atoms in total. The highest BCUT2D eigenvalue weighted by molar-refractivity contribution is 7.80. The van der Waals surface area contributed by atoms with Crippen LogP contribution in [0.2, 0.25) is 0 Å². The summed E-state index contributed by atoms with van der Waals surface area (Å²) in [6.45, 7) is 0. The van der Waals surface area contributed by atoms with E-state index in [1.165, 1.54) is 0 Å². The van der Waals surface area contributed by atoms with Gasteiger partial charge in [0.1, 0.15) is 6.04 Å². The quantitative estimate of drug-likeness (QED) is 0.337. The second kappa shape index (κ2) is 4.67. The third-order valence-corrected chi connectivity index (χ3v) is 1.58. The highest BCUT2D eigenvalue weighted by Gasteiger charge is 2.16. The maximum Gasteiger partial charge on any atom is 0.322 e. The number of aliphatic carboxylic acids is 1. The molecule has 7 heteroatoms. The van der Waals surface area contributed by atoms with Crippen molar-refractivity contribution in [3.05, 3.63) is 0 Å². The van der Waals surface area contributed by atoms with Crippen molar-refractivity contribution >= 4 is 29.9 Å². The Kier molecular flexibility index (Phi) is 4.62. The minimum absolute atomic E-state index is 0.0262. The van der Waals surface area contributed by atoms with Crippen molar-refractivity contribution in [2.45, 2.75) is 6.04 Å². The van der Waals surface area contributed by atoms with Gasteiger partial charge in [-0.3, -0.25) is 9.35 Å². The largest absolute Gasteiger partial charge is 0.480 e. The summed E-state index contributed by atoms with van der Waals surface area (Å²) in [7, 11) is 0. The van der Waals surface area contributed by atoms with Crippen LogP contribution in [0.5, 0.6) is 0 Å². The summed E-state index contributed by atoms with van der Waals surface area (Å²) in [5, 5.41) is 8.27. The van der Waals surface area contributed by atoms with Gasteiger partial charge in [0.25, 0.3) is 0 Å². The summed E-state index contributed by atoms with van der Waals surface area (Å²) in [6.07, 6.45) is 0. The number of thiol groups is 1. The summed E-state index contributed by atoms with van der Waals surface area (Å²) < 4.78 is 20.0. The zero-order chi connectivity index (χ0) is 8.15. The van der Waals surface area contributed by atoms with E-state index in [-0.39, 0.29) is 5.75 Å². The van der Waals surface area contributed by atoms with E-state index in [2.05, 4.69) is 12.6 Å². The van der Waals surface area contributed by atoms with Crippen LogP contribution in [0.1, 0.15) is 0 Å². The lowest BCUT2D eigenvalue weighted by Crippen LogP contribution is -2.38. The maximum absolute atomic E-state index is 10.1. The van der Waals surface area contributed by atoms with Crippen LogP contribution in [-0.4, -0.2) is 31.6 Å². The van der Waals surface area contributed by atoms with Gasteiger partial charge in [0.15, 0.2) is 0 Å². The van der Waals surface area contributed by atoms with Gasteiger partial charge >= 0.3 is 5.97 Å². The number of rotatable bonds is 4. The lowest BCUT2D eigenvalue weighted by Gasteiger charge is -2.06. The Morgan fingerprint density at radius 2 is 2.30 bits per heavy atom. The number of carboxylic acids is 1. The molecule has 0 aliphatic heterocycles. The van der Waals surface area contributed by atoms with Crippen molar-refractivity contribution in [3.8, 4) is 0 Å². The first kappa shape index (κ1) is 9.89. The van der Waals surface area contributed by atoms with E-state index in [4.69, 9.17) is 9.66 Å². The fraction of sp³-hybridized carbons (Fsp3) is 0.667. The van der Waals surface area contributed by atoms with Crippen LogP contribution in [0.15, 0.2) is 0 Å². The molecule has 0 bridgehead atoms. The van der Waals surface area contributed by atoms with Crippen LogP contribution in [-0.2, 0) is 16.1 Å². The molecule has 2 atom stereocenters. The molecule has 0 heterocycles. The van der Waals surface area contributed by atoms with Gasteiger partial charge < -0.3 is 5.11 Å². The molecule has 0 saturated heterocycles. The topological polar surface area (TPSA) is 86.6 Å². The normalized spacial score (nSPS) is 16.2. The van der Waals surface area contributed by atoms with E-state index in [1.807, 2.05) is 4.72 Å². The molecule has 0 radical (unpaired) electrons. The molecule has 0 fully saturated rings. The van der Waals surface area contributed by atoms with Crippen LogP contribution in [0, 0.1) is 0 Å².